The van der Waals surface area contributed by atoms with Crippen LogP contribution in [0.2, 0.25) is 0 Å². The van der Waals surface area contributed by atoms with Crippen LogP contribution in [0.4, 0.5) is 10.7 Å². The van der Waals surface area contributed by atoms with Crippen LogP contribution in [-0.2, 0) is 9.53 Å². The number of carbonyl (C=O) groups is 2. The number of nitrogen functional groups attached to an aromatic ring is 1. The molecule has 3 N–H and O–H groups in total. The molecule has 1 aromatic heterocycles. The number of esters is 1. The third-order valence-electron chi connectivity index (χ3n) is 2.91. The molecule has 0 fully saturated rings. The third kappa shape index (κ3) is 4.09. The largest absolute Gasteiger partial charge is 0.449 e. The molecule has 118 valence electrons. The summed E-state index contributed by atoms with van der Waals surface area (Å²) in [5.74, 6) is -1.22. The van der Waals surface area contributed by atoms with Crippen molar-refractivity contribution < 1.29 is 14.3 Å². The molecular formula is C15H12BrN3O3S. The highest BCUT2D eigenvalue weighted by molar-refractivity contribution is 9.10. The number of nitrogens with one attached hydrogen (secondary N) is 1. The zero-order chi connectivity index (χ0) is 17.0. The fraction of sp³-hybridized carbons (Fsp3) is 0.133. The van der Waals surface area contributed by atoms with Gasteiger partial charge in [-0.2, -0.15) is 5.26 Å². The Bertz CT molecular complexity index is 798. The summed E-state index contributed by atoms with van der Waals surface area (Å²) < 4.78 is 5.80. The number of nitrogens with zero attached hydrogens (tertiary/aromatic N) is 1. The molecule has 0 spiro atoms. The molecule has 0 radical (unpaired) electrons. The van der Waals surface area contributed by atoms with Gasteiger partial charge in [-0.1, -0.05) is 15.9 Å². The first-order valence-corrected chi connectivity index (χ1v) is 8.14. The lowest BCUT2D eigenvalue weighted by molar-refractivity contribution is -0.123. The first kappa shape index (κ1) is 17.0. The number of rotatable bonds is 4. The molecule has 0 aliphatic rings. The van der Waals surface area contributed by atoms with Crippen molar-refractivity contribution in [2.45, 2.75) is 13.0 Å². The summed E-state index contributed by atoms with van der Waals surface area (Å²) in [4.78, 5) is 24.2. The number of nitrogens with two attached hydrogens (primary N) is 1. The van der Waals surface area contributed by atoms with Gasteiger partial charge in [0.25, 0.3) is 5.91 Å². The van der Waals surface area contributed by atoms with Gasteiger partial charge in [0.05, 0.1) is 11.1 Å². The van der Waals surface area contributed by atoms with Gasteiger partial charge in [-0.05, 0) is 36.6 Å². The van der Waals surface area contributed by atoms with Crippen molar-refractivity contribution >= 4 is 49.8 Å². The Labute approximate surface area is 145 Å². The van der Waals surface area contributed by atoms with Crippen molar-refractivity contribution in [3.63, 3.8) is 0 Å². The maximum Gasteiger partial charge on any atom is 0.341 e. The minimum absolute atomic E-state index is 0.174. The van der Waals surface area contributed by atoms with E-state index in [1.165, 1.54) is 24.3 Å². The van der Waals surface area contributed by atoms with E-state index >= 15 is 0 Å². The van der Waals surface area contributed by atoms with Crippen molar-refractivity contribution in [3.05, 3.63) is 45.2 Å². The summed E-state index contributed by atoms with van der Waals surface area (Å²) in [5, 5.41) is 13.6. The molecule has 0 saturated heterocycles. The molecule has 1 heterocycles. The van der Waals surface area contributed by atoms with Gasteiger partial charge in [-0.15, -0.1) is 11.3 Å². The highest BCUT2D eigenvalue weighted by atomic mass is 79.9. The molecule has 6 nitrogen and oxygen atoms in total. The van der Waals surface area contributed by atoms with Crippen LogP contribution in [0.1, 0.15) is 22.8 Å². The number of carbonyl (C=O) groups excluding carboxylic acids is 2. The number of halogens is 1. The molecule has 2 aromatic rings. The Balaban J connectivity index is 2.05. The SMILES string of the molecule is C[C@H](OC(=O)c1cc(Br)ccc1N)C(=O)Nc1sccc1C#N. The second-order valence-corrected chi connectivity index (χ2v) is 6.38. The lowest BCUT2D eigenvalue weighted by atomic mass is 10.2. The molecule has 1 amide bonds. The van der Waals surface area contributed by atoms with Crippen LogP contribution in [0.25, 0.3) is 0 Å². The monoisotopic (exact) mass is 393 g/mol. The number of thiophene rings is 1. The number of ether oxygens (including phenoxy) is 1. The molecule has 0 saturated carbocycles. The summed E-state index contributed by atoms with van der Waals surface area (Å²) in [6.45, 7) is 1.45. The summed E-state index contributed by atoms with van der Waals surface area (Å²) >= 11 is 4.46. The zero-order valence-electron chi connectivity index (χ0n) is 12.0. The van der Waals surface area contributed by atoms with E-state index in [0.717, 1.165) is 0 Å². The van der Waals surface area contributed by atoms with Gasteiger partial charge in [0.15, 0.2) is 6.10 Å². The van der Waals surface area contributed by atoms with Crippen molar-refractivity contribution in [1.29, 1.82) is 5.26 Å². The Morgan fingerprint density at radius 3 is 2.87 bits per heavy atom. The highest BCUT2D eigenvalue weighted by Crippen LogP contribution is 2.23. The Morgan fingerprint density at radius 2 is 2.17 bits per heavy atom. The molecule has 1 aromatic carbocycles. The van der Waals surface area contributed by atoms with Crippen LogP contribution in [0, 0.1) is 11.3 Å². The van der Waals surface area contributed by atoms with Crippen LogP contribution in [0.3, 0.4) is 0 Å². The number of hydrogen-bond donors (Lipinski definition) is 2. The number of hydrogen-bond acceptors (Lipinski definition) is 6. The summed E-state index contributed by atoms with van der Waals surface area (Å²) in [5.41, 5.74) is 6.53. The molecule has 1 atom stereocenters. The predicted molar refractivity (Wildman–Crippen MR) is 91.1 cm³/mol. The van der Waals surface area contributed by atoms with E-state index < -0.39 is 18.0 Å². The van der Waals surface area contributed by atoms with E-state index in [0.29, 0.717) is 15.0 Å². The Hall–Kier alpha value is -2.37. The van der Waals surface area contributed by atoms with E-state index in [1.54, 1.807) is 23.6 Å². The number of amides is 1. The van der Waals surface area contributed by atoms with Gasteiger partial charge in [0.2, 0.25) is 0 Å². The van der Waals surface area contributed by atoms with Gasteiger partial charge < -0.3 is 15.8 Å². The average molecular weight is 394 g/mol. The molecule has 0 unspecified atom stereocenters. The van der Waals surface area contributed by atoms with Gasteiger partial charge >= 0.3 is 5.97 Å². The van der Waals surface area contributed by atoms with E-state index in [4.69, 9.17) is 15.7 Å². The first-order valence-electron chi connectivity index (χ1n) is 6.47. The predicted octanol–water partition coefficient (Wildman–Crippen LogP) is 3.15. The number of benzene rings is 1. The van der Waals surface area contributed by atoms with E-state index in [9.17, 15) is 9.59 Å². The maximum absolute atomic E-state index is 12.1. The standard InChI is InChI=1S/C15H12BrN3O3S/c1-8(13(20)19-14-9(7-17)4-5-23-14)22-15(21)11-6-10(16)2-3-12(11)18/h2-6,8H,18H2,1H3,(H,19,20)/t8-/m0/s1. The van der Waals surface area contributed by atoms with Crippen molar-refractivity contribution in [3.8, 4) is 6.07 Å². The highest BCUT2D eigenvalue weighted by Gasteiger charge is 2.21. The summed E-state index contributed by atoms with van der Waals surface area (Å²) in [6, 6.07) is 8.35. The summed E-state index contributed by atoms with van der Waals surface area (Å²) in [7, 11) is 0. The fourth-order valence-electron chi connectivity index (χ4n) is 1.69. The van der Waals surface area contributed by atoms with Gasteiger partial charge in [0.1, 0.15) is 11.1 Å². The fourth-order valence-corrected chi connectivity index (χ4v) is 2.79. The molecule has 2 rings (SSSR count). The number of nitriles is 1. The zero-order valence-corrected chi connectivity index (χ0v) is 14.4. The van der Waals surface area contributed by atoms with Crippen LogP contribution in [0.5, 0.6) is 0 Å². The smallest absolute Gasteiger partial charge is 0.341 e. The first-order chi connectivity index (χ1) is 10.9. The molecule has 23 heavy (non-hydrogen) atoms. The van der Waals surface area contributed by atoms with E-state index in [2.05, 4.69) is 21.2 Å². The second-order valence-electron chi connectivity index (χ2n) is 4.54. The van der Waals surface area contributed by atoms with Crippen LogP contribution >= 0.6 is 27.3 Å². The van der Waals surface area contributed by atoms with E-state index in [-0.39, 0.29) is 11.3 Å². The Kier molecular flexibility index (Phi) is 5.36. The van der Waals surface area contributed by atoms with Crippen LogP contribution in [0.15, 0.2) is 34.1 Å². The maximum atomic E-state index is 12.1. The molecule has 0 aliphatic carbocycles. The Morgan fingerprint density at radius 1 is 1.43 bits per heavy atom. The second kappa shape index (κ2) is 7.26. The van der Waals surface area contributed by atoms with Gasteiger partial charge in [-0.25, -0.2) is 4.79 Å². The van der Waals surface area contributed by atoms with Gasteiger partial charge in [-0.3, -0.25) is 4.79 Å². The summed E-state index contributed by atoms with van der Waals surface area (Å²) in [6.07, 6.45) is -1.03. The quantitative estimate of drug-likeness (QED) is 0.612. The molecule has 0 bridgehead atoms. The molecule has 8 heteroatoms. The normalized spacial score (nSPS) is 11.3. The minimum Gasteiger partial charge on any atom is -0.449 e. The lowest BCUT2D eigenvalue weighted by Gasteiger charge is -2.14. The van der Waals surface area contributed by atoms with E-state index in [1.807, 2.05) is 6.07 Å². The van der Waals surface area contributed by atoms with Crippen LogP contribution < -0.4 is 11.1 Å². The van der Waals surface area contributed by atoms with Crippen molar-refractivity contribution in [1.82, 2.24) is 0 Å². The van der Waals surface area contributed by atoms with Crippen molar-refractivity contribution in [2.24, 2.45) is 0 Å². The average Bonchev–Trinajstić information content (AvgIpc) is 2.96. The van der Waals surface area contributed by atoms with Crippen molar-refractivity contribution in [2.75, 3.05) is 11.1 Å². The third-order valence-corrected chi connectivity index (χ3v) is 4.23. The van der Waals surface area contributed by atoms with Gasteiger partial charge in [0, 0.05) is 10.2 Å². The topological polar surface area (TPSA) is 105 Å². The molecular weight excluding hydrogens is 382 g/mol. The molecule has 0 aliphatic heterocycles. The lowest BCUT2D eigenvalue weighted by Crippen LogP contribution is -2.30. The minimum atomic E-state index is -1.03. The number of anilines is 2. The van der Waals surface area contributed by atoms with Crippen LogP contribution in [-0.4, -0.2) is 18.0 Å².